The standard InChI is InChI=1S/C15H18N2O3S2/c1-11(18)17-7-6-12(9-17)8-16-22(19,20)15-10-21-14-5-3-2-4-13(14)15/h2-5,10,12,16H,6-9H2,1H3/t12-/m1/s1. The number of likely N-dealkylation sites (tertiary alicyclic amines) is 1. The summed E-state index contributed by atoms with van der Waals surface area (Å²) in [4.78, 5) is 13.4. The van der Waals surface area contributed by atoms with E-state index in [-0.39, 0.29) is 11.8 Å². The maximum atomic E-state index is 12.5. The number of nitrogens with one attached hydrogen (secondary N) is 1. The van der Waals surface area contributed by atoms with E-state index in [0.717, 1.165) is 16.5 Å². The largest absolute Gasteiger partial charge is 0.343 e. The van der Waals surface area contributed by atoms with E-state index in [1.54, 1.807) is 17.2 Å². The molecule has 0 radical (unpaired) electrons. The van der Waals surface area contributed by atoms with Gasteiger partial charge >= 0.3 is 0 Å². The number of carbonyl (C=O) groups is 1. The van der Waals surface area contributed by atoms with Crippen molar-refractivity contribution in [1.29, 1.82) is 0 Å². The summed E-state index contributed by atoms with van der Waals surface area (Å²) < 4.78 is 28.6. The third-order valence-corrected chi connectivity index (χ3v) is 6.60. The number of nitrogens with zero attached hydrogens (tertiary/aromatic N) is 1. The van der Waals surface area contributed by atoms with Crippen molar-refractivity contribution < 1.29 is 13.2 Å². The van der Waals surface area contributed by atoms with Crippen LogP contribution in [-0.4, -0.2) is 38.9 Å². The summed E-state index contributed by atoms with van der Waals surface area (Å²) in [5.41, 5.74) is 0. The van der Waals surface area contributed by atoms with E-state index in [1.807, 2.05) is 24.3 Å². The highest BCUT2D eigenvalue weighted by Crippen LogP contribution is 2.29. The summed E-state index contributed by atoms with van der Waals surface area (Å²) in [6.07, 6.45) is 0.840. The van der Waals surface area contributed by atoms with Crippen LogP contribution in [0, 0.1) is 5.92 Å². The lowest BCUT2D eigenvalue weighted by Crippen LogP contribution is -2.32. The number of hydrogen-bond donors (Lipinski definition) is 1. The van der Waals surface area contributed by atoms with Crippen LogP contribution in [0.4, 0.5) is 0 Å². The Morgan fingerprint density at radius 1 is 1.41 bits per heavy atom. The Hall–Kier alpha value is -1.44. The summed E-state index contributed by atoms with van der Waals surface area (Å²) in [7, 11) is -3.51. The van der Waals surface area contributed by atoms with Gasteiger partial charge in [0.25, 0.3) is 0 Å². The molecule has 0 unspecified atom stereocenters. The lowest BCUT2D eigenvalue weighted by atomic mass is 10.1. The molecule has 1 aromatic heterocycles. The van der Waals surface area contributed by atoms with Gasteiger partial charge in [-0.2, -0.15) is 0 Å². The Balaban J connectivity index is 1.71. The van der Waals surface area contributed by atoms with Crippen molar-refractivity contribution in [2.75, 3.05) is 19.6 Å². The first-order valence-electron chi connectivity index (χ1n) is 7.19. The number of amides is 1. The highest BCUT2D eigenvalue weighted by atomic mass is 32.2. The predicted molar refractivity (Wildman–Crippen MR) is 87.4 cm³/mol. The van der Waals surface area contributed by atoms with Gasteiger partial charge in [-0.1, -0.05) is 18.2 Å². The normalized spacial score (nSPS) is 19.0. The van der Waals surface area contributed by atoms with E-state index in [0.29, 0.717) is 24.5 Å². The molecule has 1 amide bonds. The Kier molecular flexibility index (Phi) is 4.20. The predicted octanol–water partition coefficient (Wildman–Crippen LogP) is 2.05. The quantitative estimate of drug-likeness (QED) is 0.928. The second-order valence-electron chi connectivity index (χ2n) is 5.57. The minimum atomic E-state index is -3.51. The lowest BCUT2D eigenvalue weighted by Gasteiger charge is -2.14. The van der Waals surface area contributed by atoms with Crippen molar-refractivity contribution in [2.24, 2.45) is 5.92 Å². The van der Waals surface area contributed by atoms with Crippen molar-refractivity contribution >= 4 is 37.4 Å². The van der Waals surface area contributed by atoms with E-state index >= 15 is 0 Å². The molecule has 1 N–H and O–H groups in total. The first kappa shape index (κ1) is 15.5. The Morgan fingerprint density at radius 3 is 2.91 bits per heavy atom. The third kappa shape index (κ3) is 3.02. The monoisotopic (exact) mass is 338 g/mol. The van der Waals surface area contributed by atoms with E-state index in [4.69, 9.17) is 0 Å². The summed E-state index contributed by atoms with van der Waals surface area (Å²) in [6.45, 7) is 3.26. The van der Waals surface area contributed by atoms with Crippen molar-refractivity contribution in [3.63, 3.8) is 0 Å². The Labute approximate surface area is 134 Å². The number of carbonyl (C=O) groups excluding carboxylic acids is 1. The number of thiophene rings is 1. The van der Waals surface area contributed by atoms with Gasteiger partial charge in [0.1, 0.15) is 4.90 Å². The molecule has 22 heavy (non-hydrogen) atoms. The molecule has 5 nitrogen and oxygen atoms in total. The van der Waals surface area contributed by atoms with Crippen LogP contribution in [0.15, 0.2) is 34.5 Å². The van der Waals surface area contributed by atoms with Gasteiger partial charge in [0.2, 0.25) is 15.9 Å². The van der Waals surface area contributed by atoms with Gasteiger partial charge in [0.05, 0.1) is 0 Å². The second-order valence-corrected chi connectivity index (χ2v) is 8.21. The molecule has 2 aromatic rings. The van der Waals surface area contributed by atoms with Crippen molar-refractivity contribution in [3.05, 3.63) is 29.6 Å². The van der Waals surface area contributed by atoms with Gasteiger partial charge in [-0.05, 0) is 18.4 Å². The number of hydrogen-bond acceptors (Lipinski definition) is 4. The van der Waals surface area contributed by atoms with Gasteiger partial charge in [-0.25, -0.2) is 13.1 Å². The summed E-state index contributed by atoms with van der Waals surface area (Å²) in [6, 6.07) is 7.49. The van der Waals surface area contributed by atoms with Crippen LogP contribution in [0.2, 0.25) is 0 Å². The van der Waals surface area contributed by atoms with Crippen LogP contribution < -0.4 is 4.72 Å². The van der Waals surface area contributed by atoms with Crippen LogP contribution in [0.1, 0.15) is 13.3 Å². The zero-order chi connectivity index (χ0) is 15.7. The van der Waals surface area contributed by atoms with E-state index in [2.05, 4.69) is 4.72 Å². The summed E-state index contributed by atoms with van der Waals surface area (Å²) in [5.74, 6) is 0.234. The topological polar surface area (TPSA) is 66.5 Å². The molecule has 7 heteroatoms. The molecule has 0 saturated carbocycles. The molecule has 3 rings (SSSR count). The lowest BCUT2D eigenvalue weighted by molar-refractivity contribution is -0.127. The van der Waals surface area contributed by atoms with Crippen LogP contribution >= 0.6 is 11.3 Å². The highest BCUT2D eigenvalue weighted by Gasteiger charge is 2.26. The average Bonchev–Trinajstić information content (AvgIpc) is 3.12. The molecule has 1 aliphatic heterocycles. The van der Waals surface area contributed by atoms with Gasteiger partial charge in [0.15, 0.2) is 0 Å². The minimum Gasteiger partial charge on any atom is -0.343 e. The number of sulfonamides is 1. The number of benzene rings is 1. The molecule has 0 spiro atoms. The molecule has 0 bridgehead atoms. The second kappa shape index (κ2) is 5.98. The minimum absolute atomic E-state index is 0.0502. The highest BCUT2D eigenvalue weighted by molar-refractivity contribution is 7.90. The average molecular weight is 338 g/mol. The zero-order valence-corrected chi connectivity index (χ0v) is 13.9. The van der Waals surface area contributed by atoms with Crippen molar-refractivity contribution in [3.8, 4) is 0 Å². The van der Waals surface area contributed by atoms with Gasteiger partial charge in [-0.15, -0.1) is 11.3 Å². The maximum absolute atomic E-state index is 12.5. The van der Waals surface area contributed by atoms with Gasteiger partial charge < -0.3 is 4.90 Å². The van der Waals surface area contributed by atoms with E-state index < -0.39 is 10.0 Å². The van der Waals surface area contributed by atoms with Gasteiger partial charge in [-0.3, -0.25) is 4.79 Å². The molecule has 2 heterocycles. The van der Waals surface area contributed by atoms with Crippen LogP contribution in [0.25, 0.3) is 10.1 Å². The first-order chi connectivity index (χ1) is 10.5. The molecule has 1 atom stereocenters. The molecule has 1 fully saturated rings. The maximum Gasteiger partial charge on any atom is 0.242 e. The van der Waals surface area contributed by atoms with Crippen molar-refractivity contribution in [2.45, 2.75) is 18.2 Å². The smallest absolute Gasteiger partial charge is 0.242 e. The fourth-order valence-electron chi connectivity index (χ4n) is 2.75. The summed E-state index contributed by atoms with van der Waals surface area (Å²) >= 11 is 1.43. The molecule has 1 saturated heterocycles. The fraction of sp³-hybridized carbons (Fsp3) is 0.400. The third-order valence-electron chi connectivity index (χ3n) is 4.03. The van der Waals surface area contributed by atoms with Crippen LogP contribution in [-0.2, 0) is 14.8 Å². The summed E-state index contributed by atoms with van der Waals surface area (Å²) in [5, 5.41) is 2.44. The van der Waals surface area contributed by atoms with Crippen LogP contribution in [0.3, 0.4) is 0 Å². The van der Waals surface area contributed by atoms with E-state index in [9.17, 15) is 13.2 Å². The molecule has 118 valence electrons. The molecular formula is C15H18N2O3S2. The zero-order valence-electron chi connectivity index (χ0n) is 12.3. The Bertz CT molecular complexity index is 798. The van der Waals surface area contributed by atoms with Gasteiger partial charge in [0, 0.05) is 42.0 Å². The number of rotatable bonds is 4. The Morgan fingerprint density at radius 2 is 2.18 bits per heavy atom. The SMILES string of the molecule is CC(=O)N1CC[C@H](CNS(=O)(=O)c2csc3ccccc23)C1. The molecule has 0 aliphatic carbocycles. The van der Waals surface area contributed by atoms with Crippen molar-refractivity contribution in [1.82, 2.24) is 9.62 Å². The number of fused-ring (bicyclic) bond motifs is 1. The van der Waals surface area contributed by atoms with Crippen LogP contribution in [0.5, 0.6) is 0 Å². The molecule has 1 aliphatic rings. The fourth-order valence-corrected chi connectivity index (χ4v) is 5.37. The van der Waals surface area contributed by atoms with E-state index in [1.165, 1.54) is 11.3 Å². The molecule has 1 aromatic carbocycles. The molecular weight excluding hydrogens is 320 g/mol. The first-order valence-corrected chi connectivity index (χ1v) is 9.55.